The lowest BCUT2D eigenvalue weighted by molar-refractivity contribution is 0.0371. The van der Waals surface area contributed by atoms with Gasteiger partial charge in [0.15, 0.2) is 0 Å². The smallest absolute Gasteiger partial charge is 0.0695 e. The summed E-state index contributed by atoms with van der Waals surface area (Å²) < 4.78 is 0. The lowest BCUT2D eigenvalue weighted by Gasteiger charge is -2.35. The van der Waals surface area contributed by atoms with Crippen molar-refractivity contribution in [3.63, 3.8) is 0 Å². The summed E-state index contributed by atoms with van der Waals surface area (Å²) in [5.74, 6) is 0. The molecular weight excluding hydrogens is 186 g/mol. The van der Waals surface area contributed by atoms with Crippen LogP contribution in [0.25, 0.3) is 0 Å². The molecule has 88 valence electrons. The van der Waals surface area contributed by atoms with Crippen LogP contribution in [0.5, 0.6) is 0 Å². The summed E-state index contributed by atoms with van der Waals surface area (Å²) in [5.41, 5.74) is 0. The molecule has 0 aromatic rings. The molecule has 2 rings (SSSR count). The first-order valence-electron chi connectivity index (χ1n) is 6.69. The second kappa shape index (κ2) is 5.31. The monoisotopic (exact) mass is 211 g/mol. The number of rotatable bonds is 2. The third-order valence-electron chi connectivity index (χ3n) is 4.37. The quantitative estimate of drug-likeness (QED) is 0.710. The number of likely N-dealkylation sites (N-methyl/N-ethyl adjacent to an activating group) is 1. The fraction of sp³-hybridized carbons (Fsp3) is 1.00. The zero-order valence-electron chi connectivity index (χ0n) is 9.99. The van der Waals surface area contributed by atoms with Crippen molar-refractivity contribution in [1.29, 1.82) is 0 Å². The van der Waals surface area contributed by atoms with Gasteiger partial charge in [0.05, 0.1) is 6.10 Å². The number of aliphatic hydroxyl groups excluding tert-OH is 1. The Morgan fingerprint density at radius 2 is 1.47 bits per heavy atom. The molecule has 15 heavy (non-hydrogen) atoms. The van der Waals surface area contributed by atoms with Crippen molar-refractivity contribution in [2.24, 2.45) is 0 Å². The van der Waals surface area contributed by atoms with E-state index in [1.54, 1.807) is 0 Å². The molecule has 2 fully saturated rings. The van der Waals surface area contributed by atoms with Crippen molar-refractivity contribution in [3.05, 3.63) is 0 Å². The van der Waals surface area contributed by atoms with Gasteiger partial charge in [0.2, 0.25) is 0 Å². The predicted molar refractivity (Wildman–Crippen MR) is 62.9 cm³/mol. The largest absolute Gasteiger partial charge is 0.391 e. The molecule has 2 saturated carbocycles. The molecule has 0 radical (unpaired) electrons. The Balaban J connectivity index is 1.93. The first kappa shape index (κ1) is 11.4. The van der Waals surface area contributed by atoms with E-state index in [4.69, 9.17) is 0 Å². The van der Waals surface area contributed by atoms with Crippen LogP contribution in [0.15, 0.2) is 0 Å². The molecule has 2 atom stereocenters. The van der Waals surface area contributed by atoms with Gasteiger partial charge in [-0.2, -0.15) is 0 Å². The summed E-state index contributed by atoms with van der Waals surface area (Å²) in [7, 11) is 2.23. The van der Waals surface area contributed by atoms with Crippen LogP contribution in [-0.4, -0.2) is 35.2 Å². The highest BCUT2D eigenvalue weighted by atomic mass is 16.3. The third kappa shape index (κ3) is 2.73. The minimum atomic E-state index is -0.0712. The normalized spacial score (nSPS) is 34.6. The zero-order valence-corrected chi connectivity index (χ0v) is 9.99. The van der Waals surface area contributed by atoms with Crippen molar-refractivity contribution in [3.8, 4) is 0 Å². The number of hydrogen-bond acceptors (Lipinski definition) is 2. The Bertz CT molecular complexity index is 189. The van der Waals surface area contributed by atoms with Crippen molar-refractivity contribution in [1.82, 2.24) is 4.90 Å². The van der Waals surface area contributed by atoms with Crippen molar-refractivity contribution in [2.45, 2.75) is 76.0 Å². The van der Waals surface area contributed by atoms with Gasteiger partial charge in [-0.05, 0) is 32.7 Å². The summed E-state index contributed by atoms with van der Waals surface area (Å²) in [6.45, 7) is 0. The molecule has 0 bridgehead atoms. The Hall–Kier alpha value is -0.0800. The van der Waals surface area contributed by atoms with E-state index in [1.165, 1.54) is 51.4 Å². The van der Waals surface area contributed by atoms with Gasteiger partial charge >= 0.3 is 0 Å². The number of hydrogen-bond donors (Lipinski definition) is 1. The van der Waals surface area contributed by atoms with E-state index >= 15 is 0 Å². The molecule has 0 heterocycles. The van der Waals surface area contributed by atoms with Crippen LogP contribution < -0.4 is 0 Å². The molecule has 0 aromatic carbocycles. The zero-order chi connectivity index (χ0) is 10.7. The van der Waals surface area contributed by atoms with E-state index in [0.29, 0.717) is 6.04 Å². The van der Waals surface area contributed by atoms with E-state index in [9.17, 15) is 5.11 Å². The number of nitrogens with zero attached hydrogens (tertiary/aromatic N) is 1. The van der Waals surface area contributed by atoms with Gasteiger partial charge in [0.1, 0.15) is 0 Å². The summed E-state index contributed by atoms with van der Waals surface area (Å²) in [4.78, 5) is 2.49. The molecular formula is C13H25NO. The summed E-state index contributed by atoms with van der Waals surface area (Å²) in [6.07, 6.45) is 11.4. The van der Waals surface area contributed by atoms with Gasteiger partial charge in [0, 0.05) is 12.1 Å². The van der Waals surface area contributed by atoms with Gasteiger partial charge in [-0.25, -0.2) is 0 Å². The molecule has 0 saturated heterocycles. The maximum Gasteiger partial charge on any atom is 0.0695 e. The maximum absolute atomic E-state index is 10.1. The van der Waals surface area contributed by atoms with Crippen molar-refractivity contribution in [2.75, 3.05) is 7.05 Å². The van der Waals surface area contributed by atoms with Gasteiger partial charge in [-0.1, -0.05) is 32.1 Å². The van der Waals surface area contributed by atoms with Crippen LogP contribution in [0, 0.1) is 0 Å². The lowest BCUT2D eigenvalue weighted by Crippen LogP contribution is -2.45. The van der Waals surface area contributed by atoms with E-state index < -0.39 is 0 Å². The van der Waals surface area contributed by atoms with Crippen LogP contribution >= 0.6 is 0 Å². The molecule has 2 nitrogen and oxygen atoms in total. The van der Waals surface area contributed by atoms with Crippen molar-refractivity contribution < 1.29 is 5.11 Å². The highest BCUT2D eigenvalue weighted by Crippen LogP contribution is 2.29. The van der Waals surface area contributed by atoms with E-state index in [1.807, 2.05) is 0 Å². The highest BCUT2D eigenvalue weighted by molar-refractivity contribution is 4.86. The molecule has 2 unspecified atom stereocenters. The second-order valence-corrected chi connectivity index (χ2v) is 5.38. The van der Waals surface area contributed by atoms with Crippen LogP contribution in [-0.2, 0) is 0 Å². The molecule has 2 aliphatic carbocycles. The molecule has 0 aromatic heterocycles. The standard InChI is InChI=1S/C13H25NO/c1-14(11-7-5-6-8-11)12-9-3-2-4-10-13(12)15/h11-13,15H,2-10H2,1H3. The second-order valence-electron chi connectivity index (χ2n) is 5.38. The molecule has 0 amide bonds. The minimum absolute atomic E-state index is 0.0712. The van der Waals surface area contributed by atoms with Gasteiger partial charge in [-0.3, -0.25) is 4.90 Å². The molecule has 0 aliphatic heterocycles. The summed E-state index contributed by atoms with van der Waals surface area (Å²) >= 11 is 0. The Morgan fingerprint density at radius 3 is 2.20 bits per heavy atom. The predicted octanol–water partition coefficient (Wildman–Crippen LogP) is 2.55. The van der Waals surface area contributed by atoms with Gasteiger partial charge in [-0.15, -0.1) is 0 Å². The molecule has 0 spiro atoms. The highest BCUT2D eigenvalue weighted by Gasteiger charge is 2.30. The van der Waals surface area contributed by atoms with Crippen LogP contribution in [0.4, 0.5) is 0 Å². The molecule has 2 aliphatic rings. The maximum atomic E-state index is 10.1. The van der Waals surface area contributed by atoms with E-state index in [0.717, 1.165) is 12.5 Å². The third-order valence-corrected chi connectivity index (χ3v) is 4.37. The van der Waals surface area contributed by atoms with Crippen LogP contribution in [0.1, 0.15) is 57.8 Å². The SMILES string of the molecule is CN(C1CCCC1)C1CCCCCC1O. The summed E-state index contributed by atoms with van der Waals surface area (Å²) in [5, 5.41) is 10.1. The molecule has 1 N–H and O–H groups in total. The van der Waals surface area contributed by atoms with Gasteiger partial charge < -0.3 is 5.11 Å². The topological polar surface area (TPSA) is 23.5 Å². The van der Waals surface area contributed by atoms with Gasteiger partial charge in [0.25, 0.3) is 0 Å². The minimum Gasteiger partial charge on any atom is -0.391 e. The first-order valence-corrected chi connectivity index (χ1v) is 6.69. The fourth-order valence-electron chi connectivity index (χ4n) is 3.33. The Morgan fingerprint density at radius 1 is 0.867 bits per heavy atom. The van der Waals surface area contributed by atoms with Crippen LogP contribution in [0.3, 0.4) is 0 Å². The molecule has 2 heteroatoms. The number of aliphatic hydroxyl groups is 1. The average molecular weight is 211 g/mol. The summed E-state index contributed by atoms with van der Waals surface area (Å²) in [6, 6.07) is 1.19. The average Bonchev–Trinajstić information content (AvgIpc) is 2.68. The van der Waals surface area contributed by atoms with E-state index in [-0.39, 0.29) is 6.10 Å². The van der Waals surface area contributed by atoms with E-state index in [2.05, 4.69) is 11.9 Å². The Kier molecular flexibility index (Phi) is 4.04. The van der Waals surface area contributed by atoms with Crippen molar-refractivity contribution >= 4 is 0 Å². The first-order chi connectivity index (χ1) is 7.29. The Labute approximate surface area is 93.7 Å². The fourth-order valence-corrected chi connectivity index (χ4v) is 3.33. The lowest BCUT2D eigenvalue weighted by atomic mass is 10.0. The van der Waals surface area contributed by atoms with Crippen LogP contribution in [0.2, 0.25) is 0 Å².